The highest BCUT2D eigenvalue weighted by Gasteiger charge is 2.20. The molecule has 2 rings (SSSR count). The van der Waals surface area contributed by atoms with Gasteiger partial charge in [-0.05, 0) is 23.1 Å². The molecule has 0 fully saturated rings. The van der Waals surface area contributed by atoms with Gasteiger partial charge in [0.05, 0.1) is 4.92 Å². The zero-order valence-corrected chi connectivity index (χ0v) is 12.0. The Bertz CT molecular complexity index is 680. The van der Waals surface area contributed by atoms with Crippen LogP contribution in [0.1, 0.15) is 26.3 Å². The first kappa shape index (κ1) is 14.7. The van der Waals surface area contributed by atoms with E-state index in [0.717, 1.165) is 11.8 Å². The predicted molar refractivity (Wildman–Crippen MR) is 78.3 cm³/mol. The summed E-state index contributed by atoms with van der Waals surface area (Å²) in [7, 11) is 0. The summed E-state index contributed by atoms with van der Waals surface area (Å²) in [6.45, 7) is 6.20. The van der Waals surface area contributed by atoms with Crippen molar-refractivity contribution in [3.8, 4) is 11.6 Å². The zero-order valence-electron chi connectivity index (χ0n) is 12.0. The number of hydrogen-bond acceptors (Lipinski definition) is 6. The first-order valence-electron chi connectivity index (χ1n) is 6.32. The molecule has 21 heavy (non-hydrogen) atoms. The molecule has 0 aliphatic heterocycles. The fraction of sp³-hybridized carbons (Fsp3) is 0.286. The number of aromatic nitrogens is 2. The highest BCUT2D eigenvalue weighted by atomic mass is 16.6. The number of nitrogens with two attached hydrogens (primary N) is 1. The van der Waals surface area contributed by atoms with Gasteiger partial charge in [0.25, 0.3) is 0 Å². The lowest BCUT2D eigenvalue weighted by Gasteiger charge is -2.19. The molecule has 0 spiro atoms. The van der Waals surface area contributed by atoms with Gasteiger partial charge in [-0.2, -0.15) is 4.98 Å². The molecule has 110 valence electrons. The highest BCUT2D eigenvalue weighted by Crippen LogP contribution is 2.31. The van der Waals surface area contributed by atoms with E-state index in [9.17, 15) is 10.1 Å². The van der Waals surface area contributed by atoms with Crippen molar-refractivity contribution in [3.05, 3.63) is 46.1 Å². The third kappa shape index (κ3) is 3.44. The Morgan fingerprint density at radius 2 is 2.05 bits per heavy atom. The number of nitrogens with zero attached hydrogens (tertiary/aromatic N) is 3. The van der Waals surface area contributed by atoms with E-state index in [2.05, 4.69) is 30.7 Å². The molecule has 2 aromatic rings. The molecule has 0 bridgehead atoms. The van der Waals surface area contributed by atoms with Crippen LogP contribution in [0.2, 0.25) is 0 Å². The molecule has 1 aromatic heterocycles. The van der Waals surface area contributed by atoms with E-state index >= 15 is 0 Å². The highest BCUT2D eigenvalue weighted by molar-refractivity contribution is 5.45. The van der Waals surface area contributed by atoms with Crippen LogP contribution in [0.3, 0.4) is 0 Å². The Hall–Kier alpha value is -2.70. The van der Waals surface area contributed by atoms with Crippen molar-refractivity contribution < 1.29 is 9.66 Å². The maximum atomic E-state index is 11.0. The number of rotatable bonds is 3. The average molecular weight is 288 g/mol. The molecule has 1 aromatic carbocycles. The molecule has 1 heterocycles. The fourth-order valence-electron chi connectivity index (χ4n) is 1.71. The topological polar surface area (TPSA) is 104 Å². The first-order chi connectivity index (χ1) is 9.77. The predicted octanol–water partition coefficient (Wildman–Crippen LogP) is 3.06. The van der Waals surface area contributed by atoms with Crippen molar-refractivity contribution in [2.24, 2.45) is 0 Å². The second-order valence-corrected chi connectivity index (χ2v) is 5.56. The number of hydrogen-bond donors (Lipinski definition) is 1. The lowest BCUT2D eigenvalue weighted by molar-refractivity contribution is -0.386. The summed E-state index contributed by atoms with van der Waals surface area (Å²) in [5.74, 6) is 0.213. The van der Waals surface area contributed by atoms with Gasteiger partial charge in [0, 0.05) is 0 Å². The van der Waals surface area contributed by atoms with Gasteiger partial charge in [0.2, 0.25) is 5.95 Å². The summed E-state index contributed by atoms with van der Waals surface area (Å²) in [5.41, 5.74) is 6.11. The van der Waals surface area contributed by atoms with Gasteiger partial charge in [0.1, 0.15) is 11.9 Å². The number of anilines is 1. The summed E-state index contributed by atoms with van der Waals surface area (Å²) >= 11 is 0. The van der Waals surface area contributed by atoms with Crippen molar-refractivity contribution in [3.63, 3.8) is 0 Å². The van der Waals surface area contributed by atoms with Gasteiger partial charge in [-0.15, -0.1) is 0 Å². The van der Waals surface area contributed by atoms with Gasteiger partial charge in [-0.1, -0.05) is 32.9 Å². The van der Waals surface area contributed by atoms with Crippen LogP contribution in [-0.4, -0.2) is 14.9 Å². The standard InChI is InChI=1S/C14H16N4O3/c1-14(2,3)9-5-4-6-10(7-9)21-12-11(18(19)20)8-16-13(15)17-12/h4-8H,1-3H3,(H2,15,16,17). The van der Waals surface area contributed by atoms with E-state index in [0.29, 0.717) is 5.75 Å². The molecule has 2 N–H and O–H groups in total. The molecular formula is C14H16N4O3. The Kier molecular flexibility index (Phi) is 3.75. The molecule has 0 aliphatic carbocycles. The maximum absolute atomic E-state index is 11.0. The van der Waals surface area contributed by atoms with E-state index in [1.807, 2.05) is 18.2 Å². The minimum absolute atomic E-state index is 0.0595. The van der Waals surface area contributed by atoms with Crippen molar-refractivity contribution in [2.45, 2.75) is 26.2 Å². The SMILES string of the molecule is CC(C)(C)c1cccc(Oc2nc(N)ncc2[N+](=O)[O-])c1. The first-order valence-corrected chi connectivity index (χ1v) is 6.32. The molecule has 0 saturated heterocycles. The van der Waals surface area contributed by atoms with E-state index in [4.69, 9.17) is 10.5 Å². The largest absolute Gasteiger partial charge is 0.434 e. The quantitative estimate of drug-likeness (QED) is 0.687. The van der Waals surface area contributed by atoms with Gasteiger partial charge >= 0.3 is 11.6 Å². The van der Waals surface area contributed by atoms with Crippen LogP contribution in [-0.2, 0) is 5.41 Å². The monoisotopic (exact) mass is 288 g/mol. The molecule has 7 nitrogen and oxygen atoms in total. The minimum atomic E-state index is -0.609. The molecule has 0 unspecified atom stereocenters. The molecule has 0 atom stereocenters. The van der Waals surface area contributed by atoms with Crippen molar-refractivity contribution in [2.75, 3.05) is 5.73 Å². The van der Waals surface area contributed by atoms with E-state index in [-0.39, 0.29) is 22.9 Å². The van der Waals surface area contributed by atoms with Crippen molar-refractivity contribution in [1.29, 1.82) is 0 Å². The summed E-state index contributed by atoms with van der Waals surface area (Å²) < 4.78 is 5.51. The smallest absolute Gasteiger partial charge is 0.349 e. The molecule has 7 heteroatoms. The molecular weight excluding hydrogens is 272 g/mol. The van der Waals surface area contributed by atoms with E-state index < -0.39 is 4.92 Å². The van der Waals surface area contributed by atoms with Crippen LogP contribution < -0.4 is 10.5 Å². The summed E-state index contributed by atoms with van der Waals surface area (Å²) in [6, 6.07) is 7.32. The lowest BCUT2D eigenvalue weighted by Crippen LogP contribution is -2.10. The van der Waals surface area contributed by atoms with Gasteiger partial charge < -0.3 is 10.5 Å². The number of nitrogen functional groups attached to an aromatic ring is 1. The van der Waals surface area contributed by atoms with Gasteiger partial charge in [-0.25, -0.2) is 4.98 Å². The average Bonchev–Trinajstić information content (AvgIpc) is 2.37. The Morgan fingerprint density at radius 3 is 2.67 bits per heavy atom. The van der Waals surface area contributed by atoms with Crippen LogP contribution in [0.15, 0.2) is 30.5 Å². The third-order valence-corrected chi connectivity index (χ3v) is 2.87. The molecule has 0 radical (unpaired) electrons. The number of ether oxygens (including phenoxy) is 1. The van der Waals surface area contributed by atoms with Crippen molar-refractivity contribution in [1.82, 2.24) is 9.97 Å². The van der Waals surface area contributed by atoms with Crippen LogP contribution in [0.4, 0.5) is 11.6 Å². The zero-order chi connectivity index (χ0) is 15.6. The van der Waals surface area contributed by atoms with Crippen LogP contribution in [0.25, 0.3) is 0 Å². The third-order valence-electron chi connectivity index (χ3n) is 2.87. The normalized spacial score (nSPS) is 11.2. The van der Waals surface area contributed by atoms with Crippen molar-refractivity contribution >= 4 is 11.6 Å². The summed E-state index contributed by atoms with van der Waals surface area (Å²) in [6.07, 6.45) is 1.03. The Balaban J connectivity index is 2.39. The van der Waals surface area contributed by atoms with Gasteiger partial charge in [0.15, 0.2) is 0 Å². The second-order valence-electron chi connectivity index (χ2n) is 5.56. The molecule has 0 amide bonds. The summed E-state index contributed by atoms with van der Waals surface area (Å²) in [4.78, 5) is 17.7. The second kappa shape index (κ2) is 5.35. The Labute approximate surface area is 121 Å². The number of benzene rings is 1. The van der Waals surface area contributed by atoms with Gasteiger partial charge in [-0.3, -0.25) is 10.1 Å². The van der Waals surface area contributed by atoms with E-state index in [1.54, 1.807) is 6.07 Å². The lowest BCUT2D eigenvalue weighted by atomic mass is 9.87. The minimum Gasteiger partial charge on any atom is -0.434 e. The molecule has 0 aliphatic rings. The fourth-order valence-corrected chi connectivity index (χ4v) is 1.71. The van der Waals surface area contributed by atoms with Crippen LogP contribution in [0, 0.1) is 10.1 Å². The summed E-state index contributed by atoms with van der Waals surface area (Å²) in [5, 5.41) is 11.0. The Morgan fingerprint density at radius 1 is 1.33 bits per heavy atom. The number of nitro groups is 1. The van der Waals surface area contributed by atoms with E-state index in [1.165, 1.54) is 0 Å². The van der Waals surface area contributed by atoms with Crippen LogP contribution >= 0.6 is 0 Å². The molecule has 0 saturated carbocycles. The van der Waals surface area contributed by atoms with Crippen LogP contribution in [0.5, 0.6) is 11.6 Å². The maximum Gasteiger partial charge on any atom is 0.349 e.